The van der Waals surface area contributed by atoms with Crippen LogP contribution >= 0.6 is 11.3 Å². The SMILES string of the molecule is COC(=O)c1cscc1C(C)NC(C)=O. The fourth-order valence-electron chi connectivity index (χ4n) is 1.30. The third-order valence-electron chi connectivity index (χ3n) is 1.98. The van der Waals surface area contributed by atoms with Crippen molar-refractivity contribution >= 4 is 23.2 Å². The van der Waals surface area contributed by atoms with Crippen LogP contribution in [0.2, 0.25) is 0 Å². The van der Waals surface area contributed by atoms with E-state index in [1.807, 2.05) is 12.3 Å². The van der Waals surface area contributed by atoms with E-state index in [2.05, 4.69) is 10.1 Å². The van der Waals surface area contributed by atoms with Gasteiger partial charge in [0, 0.05) is 12.3 Å². The lowest BCUT2D eigenvalue weighted by atomic mass is 10.1. The Bertz CT molecular complexity index is 372. The van der Waals surface area contributed by atoms with E-state index in [4.69, 9.17) is 0 Å². The molecule has 1 atom stereocenters. The molecule has 0 aliphatic heterocycles. The van der Waals surface area contributed by atoms with Gasteiger partial charge in [-0.15, -0.1) is 0 Å². The Kier molecular flexibility index (Phi) is 3.85. The van der Waals surface area contributed by atoms with E-state index in [9.17, 15) is 9.59 Å². The highest BCUT2D eigenvalue weighted by Crippen LogP contribution is 2.22. The number of rotatable bonds is 3. The van der Waals surface area contributed by atoms with Gasteiger partial charge in [-0.3, -0.25) is 4.79 Å². The molecule has 4 nitrogen and oxygen atoms in total. The predicted molar refractivity (Wildman–Crippen MR) is 57.9 cm³/mol. The van der Waals surface area contributed by atoms with Gasteiger partial charge in [-0.25, -0.2) is 4.79 Å². The number of amides is 1. The number of ether oxygens (including phenoxy) is 1. The third kappa shape index (κ3) is 2.79. The zero-order chi connectivity index (χ0) is 11.4. The van der Waals surface area contributed by atoms with Gasteiger partial charge in [0.05, 0.1) is 18.7 Å². The van der Waals surface area contributed by atoms with Gasteiger partial charge in [0.25, 0.3) is 0 Å². The molecule has 0 fully saturated rings. The number of nitrogens with one attached hydrogen (secondary N) is 1. The van der Waals surface area contributed by atoms with Crippen LogP contribution in [0.3, 0.4) is 0 Å². The molecule has 0 aliphatic carbocycles. The van der Waals surface area contributed by atoms with E-state index in [1.165, 1.54) is 25.4 Å². The molecule has 0 saturated carbocycles. The van der Waals surface area contributed by atoms with E-state index in [0.717, 1.165) is 5.56 Å². The first kappa shape index (κ1) is 11.7. The summed E-state index contributed by atoms with van der Waals surface area (Å²) >= 11 is 1.41. The maximum Gasteiger partial charge on any atom is 0.339 e. The molecule has 1 rings (SSSR count). The molecule has 0 spiro atoms. The van der Waals surface area contributed by atoms with E-state index in [-0.39, 0.29) is 17.9 Å². The van der Waals surface area contributed by atoms with Crippen molar-refractivity contribution in [3.8, 4) is 0 Å². The van der Waals surface area contributed by atoms with Gasteiger partial charge in [0.1, 0.15) is 0 Å². The van der Waals surface area contributed by atoms with Crippen molar-refractivity contribution in [1.82, 2.24) is 5.32 Å². The Morgan fingerprint density at radius 3 is 2.67 bits per heavy atom. The highest BCUT2D eigenvalue weighted by Gasteiger charge is 2.17. The van der Waals surface area contributed by atoms with Crippen molar-refractivity contribution in [3.63, 3.8) is 0 Å². The second-order valence-electron chi connectivity index (χ2n) is 3.15. The first-order valence-corrected chi connectivity index (χ1v) is 5.42. The highest BCUT2D eigenvalue weighted by atomic mass is 32.1. The Morgan fingerprint density at radius 2 is 2.13 bits per heavy atom. The maximum absolute atomic E-state index is 11.4. The molecular formula is C10H13NO3S. The fraction of sp³-hybridized carbons (Fsp3) is 0.400. The molecule has 0 bridgehead atoms. The van der Waals surface area contributed by atoms with Crippen LogP contribution in [0.25, 0.3) is 0 Å². The summed E-state index contributed by atoms with van der Waals surface area (Å²) in [4.78, 5) is 22.2. The molecule has 0 aliphatic rings. The van der Waals surface area contributed by atoms with Crippen LogP contribution < -0.4 is 5.32 Å². The molecule has 1 aromatic rings. The van der Waals surface area contributed by atoms with E-state index >= 15 is 0 Å². The molecule has 1 aromatic heterocycles. The number of methoxy groups -OCH3 is 1. The second kappa shape index (κ2) is 4.93. The molecule has 1 heterocycles. The monoisotopic (exact) mass is 227 g/mol. The Labute approximate surface area is 92.2 Å². The Hall–Kier alpha value is -1.36. The topological polar surface area (TPSA) is 55.4 Å². The molecule has 15 heavy (non-hydrogen) atoms. The summed E-state index contributed by atoms with van der Waals surface area (Å²) in [6, 6.07) is -0.178. The number of carbonyl (C=O) groups is 2. The third-order valence-corrected chi connectivity index (χ3v) is 2.75. The number of carbonyl (C=O) groups excluding carboxylic acids is 2. The lowest BCUT2D eigenvalue weighted by Crippen LogP contribution is -2.24. The largest absolute Gasteiger partial charge is 0.465 e. The number of hydrogen-bond donors (Lipinski definition) is 1. The van der Waals surface area contributed by atoms with Crippen LogP contribution in [0.15, 0.2) is 10.8 Å². The van der Waals surface area contributed by atoms with E-state index < -0.39 is 0 Å². The second-order valence-corrected chi connectivity index (χ2v) is 3.90. The van der Waals surface area contributed by atoms with Crippen LogP contribution in [0, 0.1) is 0 Å². The quantitative estimate of drug-likeness (QED) is 0.800. The first-order chi connectivity index (χ1) is 7.06. The molecule has 0 aromatic carbocycles. The number of thiophene rings is 1. The Morgan fingerprint density at radius 1 is 1.47 bits per heavy atom. The normalized spacial score (nSPS) is 11.9. The summed E-state index contributed by atoms with van der Waals surface area (Å²) in [5.74, 6) is -0.493. The molecular weight excluding hydrogens is 214 g/mol. The van der Waals surface area contributed by atoms with Gasteiger partial charge in [-0.1, -0.05) is 0 Å². The minimum absolute atomic E-state index is 0.121. The zero-order valence-electron chi connectivity index (χ0n) is 8.87. The average molecular weight is 227 g/mol. The van der Waals surface area contributed by atoms with Crippen molar-refractivity contribution < 1.29 is 14.3 Å². The smallest absolute Gasteiger partial charge is 0.339 e. The van der Waals surface area contributed by atoms with Gasteiger partial charge < -0.3 is 10.1 Å². The minimum atomic E-state index is -0.372. The predicted octanol–water partition coefficient (Wildman–Crippen LogP) is 1.73. The van der Waals surface area contributed by atoms with E-state index in [1.54, 1.807) is 5.38 Å². The van der Waals surface area contributed by atoms with Gasteiger partial charge in [-0.2, -0.15) is 11.3 Å². The number of esters is 1. The summed E-state index contributed by atoms with van der Waals surface area (Å²) in [5.41, 5.74) is 1.31. The molecule has 82 valence electrons. The van der Waals surface area contributed by atoms with Crippen LogP contribution in [-0.4, -0.2) is 19.0 Å². The highest BCUT2D eigenvalue weighted by molar-refractivity contribution is 7.08. The summed E-state index contributed by atoms with van der Waals surface area (Å²) in [7, 11) is 1.34. The van der Waals surface area contributed by atoms with Crippen LogP contribution in [0.5, 0.6) is 0 Å². The molecule has 1 amide bonds. The van der Waals surface area contributed by atoms with Crippen LogP contribution in [0.1, 0.15) is 35.8 Å². The lowest BCUT2D eigenvalue weighted by Gasteiger charge is -2.12. The van der Waals surface area contributed by atoms with Crippen molar-refractivity contribution in [2.75, 3.05) is 7.11 Å². The van der Waals surface area contributed by atoms with Crippen LogP contribution in [0.4, 0.5) is 0 Å². The standard InChI is InChI=1S/C10H13NO3S/c1-6(11-7(2)12)8-4-15-5-9(8)10(13)14-3/h4-6H,1-3H3,(H,11,12). The summed E-state index contributed by atoms with van der Waals surface area (Å²) < 4.78 is 4.65. The lowest BCUT2D eigenvalue weighted by molar-refractivity contribution is -0.119. The zero-order valence-corrected chi connectivity index (χ0v) is 9.68. The van der Waals surface area contributed by atoms with Gasteiger partial charge in [-0.05, 0) is 17.9 Å². The fourth-order valence-corrected chi connectivity index (χ4v) is 2.21. The molecule has 0 saturated heterocycles. The first-order valence-electron chi connectivity index (χ1n) is 4.47. The molecule has 0 radical (unpaired) electrons. The summed E-state index contributed by atoms with van der Waals surface area (Å²) in [6.45, 7) is 3.27. The molecule has 1 N–H and O–H groups in total. The van der Waals surface area contributed by atoms with Gasteiger partial charge in [0.2, 0.25) is 5.91 Å². The van der Waals surface area contributed by atoms with Crippen molar-refractivity contribution in [1.29, 1.82) is 0 Å². The Balaban J connectivity index is 2.89. The maximum atomic E-state index is 11.4. The summed E-state index contributed by atoms with van der Waals surface area (Å²) in [5, 5.41) is 6.29. The van der Waals surface area contributed by atoms with Crippen LogP contribution in [-0.2, 0) is 9.53 Å². The summed E-state index contributed by atoms with van der Waals surface area (Å²) in [6.07, 6.45) is 0. The van der Waals surface area contributed by atoms with Crippen molar-refractivity contribution in [2.24, 2.45) is 0 Å². The van der Waals surface area contributed by atoms with E-state index in [0.29, 0.717) is 5.56 Å². The van der Waals surface area contributed by atoms with Gasteiger partial charge >= 0.3 is 5.97 Å². The average Bonchev–Trinajstić information content (AvgIpc) is 2.63. The van der Waals surface area contributed by atoms with Crippen molar-refractivity contribution in [2.45, 2.75) is 19.9 Å². The van der Waals surface area contributed by atoms with Crippen molar-refractivity contribution in [3.05, 3.63) is 21.9 Å². The molecule has 5 heteroatoms. The van der Waals surface area contributed by atoms with Gasteiger partial charge in [0.15, 0.2) is 0 Å². The molecule has 1 unspecified atom stereocenters. The minimum Gasteiger partial charge on any atom is -0.465 e. The number of hydrogen-bond acceptors (Lipinski definition) is 4.